The zero-order valence-corrected chi connectivity index (χ0v) is 15.0. The minimum absolute atomic E-state index is 0. The predicted octanol–water partition coefficient (Wildman–Crippen LogP) is -1.21. The summed E-state index contributed by atoms with van der Waals surface area (Å²) in [5, 5.41) is 0. The Morgan fingerprint density at radius 3 is 1.00 bits per heavy atom. The molecule has 0 atom stereocenters. The van der Waals surface area contributed by atoms with Gasteiger partial charge in [0.1, 0.15) is 0 Å². The van der Waals surface area contributed by atoms with E-state index in [0.29, 0.717) is 0 Å². The van der Waals surface area contributed by atoms with Crippen LogP contribution in [0.5, 0.6) is 0 Å². The largest absolute Gasteiger partial charge is 0.412 e. The van der Waals surface area contributed by atoms with Gasteiger partial charge in [0.05, 0.1) is 0 Å². The van der Waals surface area contributed by atoms with Crippen molar-refractivity contribution in [2.24, 2.45) is 0 Å². The minimum Gasteiger partial charge on any atom is -0.412 e. The molecule has 0 heterocycles. The van der Waals surface area contributed by atoms with Gasteiger partial charge in [-0.15, -0.1) is 0 Å². The van der Waals surface area contributed by atoms with Gasteiger partial charge in [0.25, 0.3) is 0 Å². The molecule has 0 spiro atoms. The van der Waals surface area contributed by atoms with Crippen LogP contribution in [-0.2, 0) is 74.8 Å². The Morgan fingerprint density at radius 1 is 1.00 bits per heavy atom. The Bertz CT molecular complexity index is 11.6. The smallest absolute Gasteiger partial charge is 0 e. The Kier molecular flexibility index (Phi) is 176. The van der Waals surface area contributed by atoms with E-state index < -0.39 is 0 Å². The molecule has 0 aliphatic rings. The Morgan fingerprint density at radius 2 is 1.00 bits per heavy atom. The van der Waals surface area contributed by atoms with Crippen molar-refractivity contribution in [1.82, 2.24) is 0 Å². The molecule has 0 aliphatic carbocycles. The van der Waals surface area contributed by atoms with Gasteiger partial charge in [0.15, 0.2) is 0 Å². The third kappa shape index (κ3) is 18.0. The molecule has 0 rings (SSSR count). The van der Waals surface area contributed by atoms with Crippen LogP contribution in [0.1, 0.15) is 0 Å². The van der Waals surface area contributed by atoms with E-state index in [0.717, 1.165) is 0 Å². The van der Waals surface area contributed by atoms with Crippen LogP contribution in [0, 0.1) is 0 Å². The summed E-state index contributed by atoms with van der Waals surface area (Å²) in [7, 11) is 0. The second-order valence-electron chi connectivity index (χ2n) is 0. The first-order valence-corrected chi connectivity index (χ1v) is 0. The van der Waals surface area contributed by atoms with Crippen molar-refractivity contribution in [3.05, 3.63) is 0 Å². The maximum atomic E-state index is 0. The summed E-state index contributed by atoms with van der Waals surface area (Å²) in [6.45, 7) is 0. The molecule has 0 aromatic heterocycles. The molecular weight excluding hydrogens is 621 g/mol. The van der Waals surface area contributed by atoms with Crippen LogP contribution >= 0.6 is 0 Å². The van der Waals surface area contributed by atoms with E-state index in [-0.39, 0.29) is 129 Å². The van der Waals surface area contributed by atoms with Crippen molar-refractivity contribution in [1.29, 1.82) is 0 Å². The van der Waals surface area contributed by atoms with Crippen LogP contribution < -0.4 is 0 Å². The zero-order valence-electron chi connectivity index (χ0n) is 2.51. The van der Waals surface area contributed by atoms with E-state index in [9.17, 15) is 0 Å². The number of hydrogen-bond acceptors (Lipinski definition) is 0. The average Bonchev–Trinajstić information content (AvgIpc) is 0. The van der Waals surface area contributed by atoms with E-state index in [1.165, 1.54) is 0 Å². The zero-order chi connectivity index (χ0) is 0. The molecule has 0 amide bonds. The van der Waals surface area contributed by atoms with E-state index >= 15 is 0 Å². The van der Waals surface area contributed by atoms with Crippen molar-refractivity contribution in [3.63, 3.8) is 0 Å². The summed E-state index contributed by atoms with van der Waals surface area (Å²) in [6.07, 6.45) is 0. The third-order valence-corrected chi connectivity index (χ3v) is 0. The van der Waals surface area contributed by atoms with Gasteiger partial charge in [0, 0.05) is 124 Å². The van der Waals surface area contributed by atoms with Crippen LogP contribution in [0.25, 0.3) is 0 Å². The average molecular weight is 623 g/mol. The molecule has 2 N–H and O–H groups in total. The Labute approximate surface area is 126 Å². The number of rotatable bonds is 0. The molecule has 0 saturated carbocycles. The monoisotopic (exact) mass is 624 g/mol. The molecule has 1 nitrogen and oxygen atoms in total. The molecule has 5 heteroatoms. The normalized spacial score (nSPS) is 0. The molecule has 0 aromatic carbocycles. The molecule has 0 aromatic rings. The molecule has 3 radical (unpaired) electrons. The fourth-order valence-electron chi connectivity index (χ4n) is 0. The van der Waals surface area contributed by atoms with Crippen LogP contribution in [-0.4, -0.2) is 54.4 Å². The van der Waals surface area contributed by atoms with Gasteiger partial charge in [-0.1, -0.05) is 0 Å². The van der Waals surface area contributed by atoms with Crippen molar-refractivity contribution < 1.29 is 80.3 Å². The molecule has 0 unspecified atom stereocenters. The van der Waals surface area contributed by atoms with Crippen LogP contribution in [0.3, 0.4) is 0 Å². The van der Waals surface area contributed by atoms with Gasteiger partial charge in [-0.2, -0.15) is 0 Å². The molecule has 0 saturated heterocycles. The van der Waals surface area contributed by atoms with E-state index in [1.54, 1.807) is 0 Å². The van der Waals surface area contributed by atoms with Gasteiger partial charge in [-0.05, 0) is 0 Å². The molecule has 0 fully saturated rings. The fraction of sp³-hybridized carbons (Fsp3) is 0. The van der Waals surface area contributed by atoms with Crippen molar-refractivity contribution in [2.75, 3.05) is 0 Å². The molecule has 5 heavy (non-hydrogen) atoms. The van der Waals surface area contributed by atoms with Crippen LogP contribution in [0.2, 0.25) is 0 Å². The molecule has 29 valence electrons. The summed E-state index contributed by atoms with van der Waals surface area (Å²) in [4.78, 5) is 0. The van der Waals surface area contributed by atoms with Gasteiger partial charge in [-0.3, -0.25) is 0 Å². The van der Waals surface area contributed by atoms with Crippen molar-refractivity contribution >= 4 is 48.9 Å². The Hall–Kier alpha value is 4.01. The molecular formula is H2BaOPtWY. The quantitative estimate of drug-likeness (QED) is 0.304. The second kappa shape index (κ2) is 24.5. The third-order valence-electron chi connectivity index (χ3n) is 0. The van der Waals surface area contributed by atoms with Crippen molar-refractivity contribution in [2.45, 2.75) is 0 Å². The summed E-state index contributed by atoms with van der Waals surface area (Å²) in [5.41, 5.74) is 0. The van der Waals surface area contributed by atoms with Gasteiger partial charge < -0.3 is 5.48 Å². The van der Waals surface area contributed by atoms with Crippen molar-refractivity contribution in [3.8, 4) is 0 Å². The topological polar surface area (TPSA) is 31.5 Å². The van der Waals surface area contributed by atoms with Gasteiger partial charge >= 0.3 is 0 Å². The first-order valence-electron chi connectivity index (χ1n) is 0. The first-order chi connectivity index (χ1) is 0. The van der Waals surface area contributed by atoms with Crippen LogP contribution in [0.15, 0.2) is 0 Å². The summed E-state index contributed by atoms with van der Waals surface area (Å²) < 4.78 is 0. The maximum absolute atomic E-state index is 0. The van der Waals surface area contributed by atoms with E-state index in [2.05, 4.69) is 0 Å². The summed E-state index contributed by atoms with van der Waals surface area (Å²) in [5.74, 6) is 0. The maximum Gasteiger partial charge on any atom is 0 e. The van der Waals surface area contributed by atoms with E-state index in [1.807, 2.05) is 0 Å². The second-order valence-corrected chi connectivity index (χ2v) is 0. The SMILES string of the molecule is O.[Ba].[Pt].[W].[Y]. The molecule has 0 bridgehead atoms. The van der Waals surface area contributed by atoms with Crippen LogP contribution in [0.4, 0.5) is 0 Å². The Balaban J connectivity index is 0. The summed E-state index contributed by atoms with van der Waals surface area (Å²) in [6, 6.07) is 0. The standard InChI is InChI=1S/Ba.H2O.Pt.W.Y/h;1H2;;;. The summed E-state index contributed by atoms with van der Waals surface area (Å²) >= 11 is 0. The minimum atomic E-state index is 0. The fourth-order valence-corrected chi connectivity index (χ4v) is 0. The van der Waals surface area contributed by atoms with Gasteiger partial charge in [0.2, 0.25) is 0 Å². The first kappa shape index (κ1) is 35.9. The van der Waals surface area contributed by atoms with E-state index in [4.69, 9.17) is 0 Å². The number of hydrogen-bond donors (Lipinski definition) is 0. The van der Waals surface area contributed by atoms with Gasteiger partial charge in [-0.25, -0.2) is 0 Å². The molecule has 0 aliphatic heterocycles. The predicted molar refractivity (Wildman–Crippen MR) is 9.37 cm³/mol.